The Balaban J connectivity index is 2.04. The molecule has 7 nitrogen and oxygen atoms in total. The van der Waals surface area contributed by atoms with Crippen LogP contribution in [-0.4, -0.2) is 44.3 Å². The van der Waals surface area contributed by atoms with Crippen LogP contribution in [0.4, 0.5) is 5.69 Å². The molecule has 0 bridgehead atoms. The van der Waals surface area contributed by atoms with Crippen molar-refractivity contribution in [3.8, 4) is 0 Å². The lowest BCUT2D eigenvalue weighted by molar-refractivity contribution is -0.140. The van der Waals surface area contributed by atoms with Crippen LogP contribution in [0.5, 0.6) is 0 Å². The summed E-state index contributed by atoms with van der Waals surface area (Å²) in [5, 5.41) is 3.78. The molecule has 0 heterocycles. The number of carbonyl (C=O) groups excluding carboxylic acids is 2. The lowest BCUT2D eigenvalue weighted by Crippen LogP contribution is -2.52. The number of aryl methyl sites for hydroxylation is 1. The second kappa shape index (κ2) is 14.0. The topological polar surface area (TPSA) is 86.8 Å². The van der Waals surface area contributed by atoms with Crippen molar-refractivity contribution in [2.45, 2.75) is 51.6 Å². The van der Waals surface area contributed by atoms with Crippen molar-refractivity contribution in [3.05, 3.63) is 94.0 Å². The van der Waals surface area contributed by atoms with Gasteiger partial charge in [-0.1, -0.05) is 79.9 Å². The smallest absolute Gasteiger partial charge is 0.264 e. The monoisotopic (exact) mass is 603 g/mol. The summed E-state index contributed by atoms with van der Waals surface area (Å²) in [6, 6.07) is 18.9. The summed E-state index contributed by atoms with van der Waals surface area (Å²) in [5.41, 5.74) is 1.89. The number of anilines is 1. The predicted molar refractivity (Wildman–Crippen MR) is 161 cm³/mol. The minimum absolute atomic E-state index is 0.0387. The Hall–Kier alpha value is -3.07. The molecule has 0 aromatic heterocycles. The molecular weight excluding hydrogens is 569 g/mol. The maximum absolute atomic E-state index is 14.0. The molecule has 0 fully saturated rings. The molecule has 1 atom stereocenters. The molecule has 3 rings (SSSR count). The molecule has 0 radical (unpaired) electrons. The third-order valence-electron chi connectivity index (χ3n) is 6.32. The molecule has 3 aromatic rings. The zero-order valence-corrected chi connectivity index (χ0v) is 25.4. The Morgan fingerprint density at radius 3 is 2.15 bits per heavy atom. The molecule has 0 saturated heterocycles. The summed E-state index contributed by atoms with van der Waals surface area (Å²) >= 11 is 12.3. The van der Waals surface area contributed by atoms with Crippen LogP contribution in [-0.2, 0) is 26.2 Å². The van der Waals surface area contributed by atoms with Gasteiger partial charge in [0.1, 0.15) is 12.6 Å². The van der Waals surface area contributed by atoms with Gasteiger partial charge in [0.05, 0.1) is 10.6 Å². The van der Waals surface area contributed by atoms with Gasteiger partial charge in [0.25, 0.3) is 10.0 Å². The second-order valence-corrected chi connectivity index (χ2v) is 12.8. The zero-order valence-electron chi connectivity index (χ0n) is 23.1. The number of benzene rings is 3. The van der Waals surface area contributed by atoms with Gasteiger partial charge in [0.2, 0.25) is 11.8 Å². The molecule has 0 aliphatic rings. The molecule has 0 unspecified atom stereocenters. The Bertz CT molecular complexity index is 1410. The van der Waals surface area contributed by atoms with Crippen molar-refractivity contribution in [1.82, 2.24) is 10.2 Å². The highest BCUT2D eigenvalue weighted by atomic mass is 35.5. The summed E-state index contributed by atoms with van der Waals surface area (Å²) in [6.45, 7) is 7.66. The van der Waals surface area contributed by atoms with E-state index in [4.69, 9.17) is 23.2 Å². The van der Waals surface area contributed by atoms with E-state index in [1.807, 2.05) is 27.7 Å². The second-order valence-electron chi connectivity index (χ2n) is 10.0. The van der Waals surface area contributed by atoms with Crippen LogP contribution in [0.15, 0.2) is 77.7 Å². The first-order valence-electron chi connectivity index (χ1n) is 13.1. The van der Waals surface area contributed by atoms with Crippen LogP contribution in [0.2, 0.25) is 10.0 Å². The Kier molecular flexibility index (Phi) is 11.0. The van der Waals surface area contributed by atoms with E-state index in [-0.39, 0.29) is 29.0 Å². The van der Waals surface area contributed by atoms with Crippen LogP contribution in [0.1, 0.15) is 38.3 Å². The number of nitrogens with one attached hydrogen (secondary N) is 1. The molecule has 0 spiro atoms. The molecule has 10 heteroatoms. The van der Waals surface area contributed by atoms with Crippen LogP contribution >= 0.6 is 23.2 Å². The van der Waals surface area contributed by atoms with E-state index in [2.05, 4.69) is 5.32 Å². The molecule has 3 aromatic carbocycles. The normalized spacial score (nSPS) is 12.2. The first kappa shape index (κ1) is 31.5. The minimum Gasteiger partial charge on any atom is -0.354 e. The van der Waals surface area contributed by atoms with E-state index in [0.29, 0.717) is 23.0 Å². The van der Waals surface area contributed by atoms with Gasteiger partial charge in [-0.05, 0) is 67.3 Å². The van der Waals surface area contributed by atoms with Gasteiger partial charge in [0.15, 0.2) is 0 Å². The third kappa shape index (κ3) is 8.22. The van der Waals surface area contributed by atoms with Crippen molar-refractivity contribution in [3.63, 3.8) is 0 Å². The number of rotatable bonds is 12. The minimum atomic E-state index is -4.16. The quantitative estimate of drug-likeness (QED) is 0.272. The fourth-order valence-corrected chi connectivity index (χ4v) is 5.84. The van der Waals surface area contributed by atoms with E-state index in [9.17, 15) is 18.0 Å². The van der Waals surface area contributed by atoms with E-state index in [1.54, 1.807) is 54.6 Å². The van der Waals surface area contributed by atoms with E-state index in [1.165, 1.54) is 23.1 Å². The first-order chi connectivity index (χ1) is 18.9. The van der Waals surface area contributed by atoms with Crippen LogP contribution in [0, 0.1) is 12.8 Å². The van der Waals surface area contributed by atoms with Crippen molar-refractivity contribution < 1.29 is 18.0 Å². The standard InChI is InChI=1S/C30H35Cl2N3O4S/c1-5-28(30(37)33-18-21(2)3)34(19-23-11-13-24(31)14-12-23)29(36)20-35(26-8-6-7-25(32)17-26)40(38,39)27-15-9-22(4)10-16-27/h6-17,21,28H,5,18-20H2,1-4H3,(H,33,37)/t28-/m1/s1. The number of amides is 2. The Morgan fingerprint density at radius 2 is 1.57 bits per heavy atom. The number of hydrogen-bond acceptors (Lipinski definition) is 4. The number of hydrogen-bond donors (Lipinski definition) is 1. The van der Waals surface area contributed by atoms with Crippen molar-refractivity contribution in [2.24, 2.45) is 5.92 Å². The lowest BCUT2D eigenvalue weighted by atomic mass is 10.1. The molecule has 0 aliphatic heterocycles. The fraction of sp³-hybridized carbons (Fsp3) is 0.333. The number of sulfonamides is 1. The summed E-state index contributed by atoms with van der Waals surface area (Å²) in [7, 11) is -4.16. The molecule has 1 N–H and O–H groups in total. The fourth-order valence-electron chi connectivity index (χ4n) is 4.13. The van der Waals surface area contributed by atoms with Crippen LogP contribution in [0.3, 0.4) is 0 Å². The van der Waals surface area contributed by atoms with Crippen molar-refractivity contribution in [1.29, 1.82) is 0 Å². The summed E-state index contributed by atoms with van der Waals surface area (Å²) in [5.74, 6) is -0.605. The van der Waals surface area contributed by atoms with Gasteiger partial charge in [0, 0.05) is 23.1 Å². The van der Waals surface area contributed by atoms with Gasteiger partial charge in [-0.25, -0.2) is 8.42 Å². The summed E-state index contributed by atoms with van der Waals surface area (Å²) < 4.78 is 28.8. The molecule has 0 saturated carbocycles. The highest BCUT2D eigenvalue weighted by Crippen LogP contribution is 2.27. The largest absolute Gasteiger partial charge is 0.354 e. The SMILES string of the molecule is CC[C@H](C(=O)NCC(C)C)N(Cc1ccc(Cl)cc1)C(=O)CN(c1cccc(Cl)c1)S(=O)(=O)c1ccc(C)cc1. The summed E-state index contributed by atoms with van der Waals surface area (Å²) in [6.07, 6.45) is 0.338. The zero-order chi connectivity index (χ0) is 29.4. The number of halogens is 2. The average Bonchev–Trinajstić information content (AvgIpc) is 2.91. The van der Waals surface area contributed by atoms with Crippen LogP contribution in [0.25, 0.3) is 0 Å². The first-order valence-corrected chi connectivity index (χ1v) is 15.3. The van der Waals surface area contributed by atoms with Gasteiger partial charge in [-0.3, -0.25) is 13.9 Å². The lowest BCUT2D eigenvalue weighted by Gasteiger charge is -2.33. The highest BCUT2D eigenvalue weighted by molar-refractivity contribution is 7.92. The predicted octanol–water partition coefficient (Wildman–Crippen LogP) is 6.08. The molecular formula is C30H35Cl2N3O4S. The van der Waals surface area contributed by atoms with Gasteiger partial charge in [-0.15, -0.1) is 0 Å². The van der Waals surface area contributed by atoms with E-state index in [0.717, 1.165) is 15.4 Å². The van der Waals surface area contributed by atoms with E-state index >= 15 is 0 Å². The Morgan fingerprint density at radius 1 is 0.925 bits per heavy atom. The average molecular weight is 605 g/mol. The molecule has 214 valence electrons. The van der Waals surface area contributed by atoms with Gasteiger partial charge in [-0.2, -0.15) is 0 Å². The molecule has 0 aliphatic carbocycles. The van der Waals surface area contributed by atoms with Crippen molar-refractivity contribution in [2.75, 3.05) is 17.4 Å². The molecule has 40 heavy (non-hydrogen) atoms. The number of carbonyl (C=O) groups is 2. The maximum Gasteiger partial charge on any atom is 0.264 e. The maximum atomic E-state index is 14.0. The Labute approximate surface area is 247 Å². The van der Waals surface area contributed by atoms with Crippen molar-refractivity contribution >= 4 is 50.7 Å². The number of nitrogens with zero attached hydrogens (tertiary/aromatic N) is 2. The van der Waals surface area contributed by atoms with Gasteiger partial charge < -0.3 is 10.2 Å². The highest BCUT2D eigenvalue weighted by Gasteiger charge is 2.33. The third-order valence-corrected chi connectivity index (χ3v) is 8.60. The molecule has 2 amide bonds. The van der Waals surface area contributed by atoms with Crippen LogP contribution < -0.4 is 9.62 Å². The van der Waals surface area contributed by atoms with E-state index < -0.39 is 28.5 Å². The summed E-state index contributed by atoms with van der Waals surface area (Å²) in [4.78, 5) is 28.8. The van der Waals surface area contributed by atoms with Gasteiger partial charge >= 0.3 is 0 Å².